The molecule has 1 aliphatic carbocycles. The molecular formula is C14H19FN2O. The van der Waals surface area contributed by atoms with Crippen molar-refractivity contribution in [1.82, 2.24) is 10.2 Å². The van der Waals surface area contributed by atoms with Crippen molar-refractivity contribution in [3.63, 3.8) is 0 Å². The molecule has 2 rings (SSSR count). The third-order valence-electron chi connectivity index (χ3n) is 3.24. The Balaban J connectivity index is 1.65. The summed E-state index contributed by atoms with van der Waals surface area (Å²) in [5.41, 5.74) is 0.950. The number of rotatable bonds is 6. The van der Waals surface area contributed by atoms with Crippen molar-refractivity contribution in [2.45, 2.75) is 25.3 Å². The summed E-state index contributed by atoms with van der Waals surface area (Å²) in [5.74, 6) is -0.0752. The Hall–Kier alpha value is -1.42. The number of halogens is 1. The normalized spacial score (nSPS) is 14.6. The molecule has 0 bridgehead atoms. The van der Waals surface area contributed by atoms with Gasteiger partial charge in [-0.1, -0.05) is 12.1 Å². The zero-order valence-corrected chi connectivity index (χ0v) is 10.7. The van der Waals surface area contributed by atoms with Gasteiger partial charge in [0.05, 0.1) is 6.54 Å². The number of hydrogen-bond acceptors (Lipinski definition) is 2. The van der Waals surface area contributed by atoms with Gasteiger partial charge in [0.1, 0.15) is 5.82 Å². The standard InChI is InChI=1S/C14H19FN2O/c1-17(13-5-6-13)14(18)10-16-8-7-11-3-2-4-12(15)9-11/h2-4,9,13,16H,5-8,10H2,1H3. The zero-order valence-electron chi connectivity index (χ0n) is 10.7. The first-order valence-electron chi connectivity index (χ1n) is 6.37. The second kappa shape index (κ2) is 5.96. The highest BCUT2D eigenvalue weighted by Crippen LogP contribution is 2.24. The maximum Gasteiger partial charge on any atom is 0.236 e. The number of nitrogens with one attached hydrogen (secondary N) is 1. The molecule has 0 heterocycles. The SMILES string of the molecule is CN(C(=O)CNCCc1cccc(F)c1)C1CC1. The van der Waals surface area contributed by atoms with Crippen LogP contribution in [-0.4, -0.2) is 37.0 Å². The molecule has 0 aliphatic heterocycles. The van der Waals surface area contributed by atoms with Crippen LogP contribution in [0.15, 0.2) is 24.3 Å². The summed E-state index contributed by atoms with van der Waals surface area (Å²) in [5, 5.41) is 3.10. The van der Waals surface area contributed by atoms with E-state index in [1.54, 1.807) is 6.07 Å². The Bertz CT molecular complexity index is 418. The topological polar surface area (TPSA) is 32.3 Å². The Morgan fingerprint density at radius 1 is 1.50 bits per heavy atom. The Labute approximate surface area is 107 Å². The van der Waals surface area contributed by atoms with Gasteiger partial charge < -0.3 is 10.2 Å². The van der Waals surface area contributed by atoms with Gasteiger partial charge in [-0.2, -0.15) is 0 Å². The second-order valence-corrected chi connectivity index (χ2v) is 4.79. The fraction of sp³-hybridized carbons (Fsp3) is 0.500. The third-order valence-corrected chi connectivity index (χ3v) is 3.24. The molecule has 1 N–H and O–H groups in total. The summed E-state index contributed by atoms with van der Waals surface area (Å²) < 4.78 is 12.9. The Morgan fingerprint density at radius 2 is 2.28 bits per heavy atom. The first kappa shape index (κ1) is 13.0. The van der Waals surface area contributed by atoms with Crippen LogP contribution in [0.1, 0.15) is 18.4 Å². The van der Waals surface area contributed by atoms with Crippen LogP contribution in [-0.2, 0) is 11.2 Å². The van der Waals surface area contributed by atoms with Crippen molar-refractivity contribution in [2.75, 3.05) is 20.1 Å². The lowest BCUT2D eigenvalue weighted by atomic mass is 10.1. The average Bonchev–Trinajstić information content (AvgIpc) is 3.17. The van der Waals surface area contributed by atoms with E-state index in [0.29, 0.717) is 19.1 Å². The van der Waals surface area contributed by atoms with Crippen molar-refractivity contribution < 1.29 is 9.18 Å². The summed E-state index contributed by atoms with van der Waals surface area (Å²) in [6, 6.07) is 7.02. The summed E-state index contributed by atoms with van der Waals surface area (Å²) in [6.45, 7) is 1.05. The predicted octanol–water partition coefficient (Wildman–Crippen LogP) is 1.58. The lowest BCUT2D eigenvalue weighted by molar-refractivity contribution is -0.129. The molecule has 1 aromatic carbocycles. The molecule has 18 heavy (non-hydrogen) atoms. The van der Waals surface area contributed by atoms with E-state index in [2.05, 4.69) is 5.32 Å². The Kier molecular flexibility index (Phi) is 4.31. The quantitative estimate of drug-likeness (QED) is 0.777. The fourth-order valence-electron chi connectivity index (χ4n) is 1.91. The molecule has 4 heteroatoms. The predicted molar refractivity (Wildman–Crippen MR) is 68.8 cm³/mol. The molecule has 1 aromatic rings. The first-order valence-corrected chi connectivity index (χ1v) is 6.37. The highest BCUT2D eigenvalue weighted by atomic mass is 19.1. The summed E-state index contributed by atoms with van der Waals surface area (Å²) in [6.07, 6.45) is 3.00. The molecule has 0 saturated heterocycles. The molecule has 0 spiro atoms. The van der Waals surface area contributed by atoms with E-state index in [4.69, 9.17) is 0 Å². The van der Waals surface area contributed by atoms with Crippen molar-refractivity contribution >= 4 is 5.91 Å². The lowest BCUT2D eigenvalue weighted by Gasteiger charge is -2.16. The van der Waals surface area contributed by atoms with Crippen molar-refractivity contribution in [1.29, 1.82) is 0 Å². The van der Waals surface area contributed by atoms with E-state index in [-0.39, 0.29) is 11.7 Å². The number of hydrogen-bond donors (Lipinski definition) is 1. The lowest BCUT2D eigenvalue weighted by Crippen LogP contribution is -2.37. The molecule has 1 saturated carbocycles. The number of carbonyl (C=O) groups excluding carboxylic acids is 1. The van der Waals surface area contributed by atoms with Crippen LogP contribution in [0.5, 0.6) is 0 Å². The molecule has 1 aliphatic rings. The highest BCUT2D eigenvalue weighted by Gasteiger charge is 2.28. The van der Waals surface area contributed by atoms with Gasteiger partial charge in [0.25, 0.3) is 0 Å². The van der Waals surface area contributed by atoms with E-state index in [0.717, 1.165) is 24.8 Å². The van der Waals surface area contributed by atoms with E-state index < -0.39 is 0 Å². The maximum atomic E-state index is 12.9. The van der Waals surface area contributed by atoms with E-state index >= 15 is 0 Å². The number of likely N-dealkylation sites (N-methyl/N-ethyl adjacent to an activating group) is 1. The summed E-state index contributed by atoms with van der Waals surface area (Å²) in [7, 11) is 1.86. The van der Waals surface area contributed by atoms with Gasteiger partial charge in [-0.25, -0.2) is 4.39 Å². The van der Waals surface area contributed by atoms with Gasteiger partial charge in [-0.15, -0.1) is 0 Å². The van der Waals surface area contributed by atoms with Crippen LogP contribution in [0, 0.1) is 5.82 Å². The van der Waals surface area contributed by atoms with Crippen LogP contribution in [0.4, 0.5) is 4.39 Å². The maximum absolute atomic E-state index is 12.9. The van der Waals surface area contributed by atoms with Gasteiger partial charge in [0.2, 0.25) is 5.91 Å². The number of benzene rings is 1. The molecule has 0 radical (unpaired) electrons. The largest absolute Gasteiger partial charge is 0.342 e. The fourth-order valence-corrected chi connectivity index (χ4v) is 1.91. The molecule has 1 fully saturated rings. The highest BCUT2D eigenvalue weighted by molar-refractivity contribution is 5.78. The van der Waals surface area contributed by atoms with Crippen molar-refractivity contribution in [3.8, 4) is 0 Å². The molecule has 0 unspecified atom stereocenters. The van der Waals surface area contributed by atoms with Gasteiger partial charge in [-0.3, -0.25) is 4.79 Å². The van der Waals surface area contributed by atoms with Gasteiger partial charge in [-0.05, 0) is 43.5 Å². The van der Waals surface area contributed by atoms with Crippen molar-refractivity contribution in [3.05, 3.63) is 35.6 Å². The molecule has 0 atom stereocenters. The van der Waals surface area contributed by atoms with Crippen LogP contribution in [0.3, 0.4) is 0 Å². The smallest absolute Gasteiger partial charge is 0.236 e. The minimum Gasteiger partial charge on any atom is -0.342 e. The van der Waals surface area contributed by atoms with Crippen LogP contribution >= 0.6 is 0 Å². The van der Waals surface area contributed by atoms with E-state index in [1.807, 2.05) is 18.0 Å². The molecule has 98 valence electrons. The monoisotopic (exact) mass is 250 g/mol. The molecule has 0 aromatic heterocycles. The van der Waals surface area contributed by atoms with E-state index in [9.17, 15) is 9.18 Å². The summed E-state index contributed by atoms with van der Waals surface area (Å²) >= 11 is 0. The summed E-state index contributed by atoms with van der Waals surface area (Å²) in [4.78, 5) is 13.5. The average molecular weight is 250 g/mol. The van der Waals surface area contributed by atoms with Gasteiger partial charge in [0, 0.05) is 13.1 Å². The van der Waals surface area contributed by atoms with E-state index in [1.165, 1.54) is 12.1 Å². The molecule has 1 amide bonds. The minimum absolute atomic E-state index is 0.136. The van der Waals surface area contributed by atoms with Crippen molar-refractivity contribution in [2.24, 2.45) is 0 Å². The number of carbonyl (C=O) groups is 1. The molecule has 3 nitrogen and oxygen atoms in total. The van der Waals surface area contributed by atoms with Gasteiger partial charge >= 0.3 is 0 Å². The second-order valence-electron chi connectivity index (χ2n) is 4.79. The zero-order chi connectivity index (χ0) is 13.0. The van der Waals surface area contributed by atoms with Crippen LogP contribution in [0.25, 0.3) is 0 Å². The Morgan fingerprint density at radius 3 is 2.94 bits per heavy atom. The first-order chi connectivity index (χ1) is 8.66. The molecular weight excluding hydrogens is 231 g/mol. The third kappa shape index (κ3) is 3.81. The number of nitrogens with zero attached hydrogens (tertiary/aromatic N) is 1. The van der Waals surface area contributed by atoms with Gasteiger partial charge in [0.15, 0.2) is 0 Å². The van der Waals surface area contributed by atoms with Crippen LogP contribution < -0.4 is 5.32 Å². The number of amides is 1. The minimum atomic E-state index is -0.211. The van der Waals surface area contributed by atoms with Crippen LogP contribution in [0.2, 0.25) is 0 Å².